The van der Waals surface area contributed by atoms with Gasteiger partial charge in [0.05, 0.1) is 16.6 Å². The van der Waals surface area contributed by atoms with E-state index in [1.807, 2.05) is 60.1 Å². The molecule has 8 rings (SSSR count). The van der Waals surface area contributed by atoms with Crippen LogP contribution < -0.4 is 9.64 Å². The number of carbonyl (C=O) groups excluding carboxylic acids is 1. The van der Waals surface area contributed by atoms with Crippen LogP contribution in [0.3, 0.4) is 0 Å². The van der Waals surface area contributed by atoms with E-state index < -0.39 is 0 Å². The van der Waals surface area contributed by atoms with Crippen molar-refractivity contribution < 1.29 is 14.6 Å². The molecule has 0 radical (unpaired) electrons. The maximum absolute atomic E-state index is 13.2. The van der Waals surface area contributed by atoms with E-state index in [1.54, 1.807) is 0 Å². The zero-order chi connectivity index (χ0) is 30.1. The quantitative estimate of drug-likeness (QED) is 0.296. The molecule has 5 heterocycles. The number of H-pyrrole nitrogens is 1. The minimum atomic E-state index is -0.0165. The molecule has 0 atom stereocenters. The van der Waals surface area contributed by atoms with Crippen LogP contribution in [-0.4, -0.2) is 73.0 Å². The summed E-state index contributed by atoms with van der Waals surface area (Å²) in [5, 5.41) is 19.7. The number of pyridine rings is 1. The first-order valence-corrected chi connectivity index (χ1v) is 15.3. The molecule has 1 saturated heterocycles. The number of rotatable bonds is 5. The summed E-state index contributed by atoms with van der Waals surface area (Å²) < 4.78 is 10.4. The van der Waals surface area contributed by atoms with Crippen molar-refractivity contribution >= 4 is 44.3 Å². The number of aromatic nitrogens is 5. The van der Waals surface area contributed by atoms with Gasteiger partial charge in [-0.15, -0.1) is 0 Å². The summed E-state index contributed by atoms with van der Waals surface area (Å²) in [5.41, 5.74) is 7.74. The summed E-state index contributed by atoms with van der Waals surface area (Å²) in [7, 11) is 1.95. The van der Waals surface area contributed by atoms with Crippen molar-refractivity contribution in [2.24, 2.45) is 7.05 Å². The summed E-state index contributed by atoms with van der Waals surface area (Å²) >= 11 is 0. The summed E-state index contributed by atoms with van der Waals surface area (Å²) in [6, 6.07) is 12.1. The highest BCUT2D eigenvalue weighted by atomic mass is 16.5. The zero-order valence-electron chi connectivity index (χ0n) is 25.2. The fourth-order valence-electron chi connectivity index (χ4n) is 7.31. The normalized spacial score (nSPS) is 14.9. The highest BCUT2D eigenvalue weighted by molar-refractivity contribution is 6.26. The number of anilines is 1. The molecule has 1 amide bonds. The molecule has 1 aliphatic carbocycles. The van der Waals surface area contributed by atoms with E-state index in [4.69, 9.17) is 9.84 Å². The Labute approximate surface area is 254 Å². The Hall–Kier alpha value is -4.99. The molecule has 224 valence electrons. The number of piperazine rings is 1. The predicted octanol–water partition coefficient (Wildman–Crippen LogP) is 4.93. The predicted molar refractivity (Wildman–Crippen MR) is 172 cm³/mol. The van der Waals surface area contributed by atoms with Crippen LogP contribution in [-0.2, 0) is 31.2 Å². The Kier molecular flexibility index (Phi) is 6.08. The molecule has 0 unspecified atom stereocenters. The monoisotopic (exact) mass is 589 g/mol. The van der Waals surface area contributed by atoms with Gasteiger partial charge in [-0.1, -0.05) is 6.07 Å². The number of fused-ring (bicyclic) bond motifs is 10. The number of aromatic amines is 1. The summed E-state index contributed by atoms with van der Waals surface area (Å²) in [5.74, 6) is 1.77. The first kappa shape index (κ1) is 26.6. The average Bonchev–Trinajstić information content (AvgIpc) is 3.71. The van der Waals surface area contributed by atoms with Gasteiger partial charge in [0, 0.05) is 90.7 Å². The van der Waals surface area contributed by atoms with Gasteiger partial charge in [-0.3, -0.25) is 9.48 Å². The van der Waals surface area contributed by atoms with E-state index in [2.05, 4.69) is 38.6 Å². The van der Waals surface area contributed by atoms with Gasteiger partial charge in [0.25, 0.3) is 5.91 Å². The Balaban J connectivity index is 1.11. The molecule has 0 spiro atoms. The van der Waals surface area contributed by atoms with Crippen LogP contribution in [0.25, 0.3) is 43.7 Å². The summed E-state index contributed by atoms with van der Waals surface area (Å²) in [6.07, 6.45) is 5.66. The van der Waals surface area contributed by atoms with E-state index in [1.165, 1.54) is 11.1 Å². The van der Waals surface area contributed by atoms with Gasteiger partial charge in [-0.05, 0) is 62.6 Å². The Morgan fingerprint density at radius 1 is 1.07 bits per heavy atom. The number of ether oxygens (including phenoxy) is 1. The highest BCUT2D eigenvalue weighted by Crippen LogP contribution is 2.49. The van der Waals surface area contributed by atoms with Gasteiger partial charge < -0.3 is 29.2 Å². The van der Waals surface area contributed by atoms with Crippen molar-refractivity contribution in [1.29, 1.82) is 0 Å². The molecule has 44 heavy (non-hydrogen) atoms. The number of nitrogens with one attached hydrogen (secondary N) is 1. The lowest BCUT2D eigenvalue weighted by Crippen LogP contribution is -2.50. The summed E-state index contributed by atoms with van der Waals surface area (Å²) in [6.45, 7) is 7.72. The van der Waals surface area contributed by atoms with Crippen molar-refractivity contribution in [3.05, 3.63) is 65.7 Å². The molecule has 2 aliphatic rings. The molecular formula is C34H35N7O3. The molecule has 2 aromatic carbocycles. The minimum Gasteiger partial charge on any atom is -0.494 e. The van der Waals surface area contributed by atoms with Crippen molar-refractivity contribution in [2.45, 2.75) is 33.2 Å². The van der Waals surface area contributed by atoms with Gasteiger partial charge >= 0.3 is 0 Å². The Morgan fingerprint density at radius 3 is 2.70 bits per heavy atom. The van der Waals surface area contributed by atoms with Gasteiger partial charge in [-0.25, -0.2) is 4.98 Å². The van der Waals surface area contributed by atoms with Crippen LogP contribution in [0, 0.1) is 6.92 Å². The molecule has 2 N–H and O–H groups in total. The first-order valence-electron chi connectivity index (χ1n) is 15.3. The topological polar surface area (TPSA) is 104 Å². The molecule has 6 aromatic rings. The number of hydrogen-bond donors (Lipinski definition) is 2. The lowest BCUT2D eigenvalue weighted by atomic mass is 9.85. The van der Waals surface area contributed by atoms with E-state index >= 15 is 0 Å². The molecule has 4 aromatic heterocycles. The third-order valence-corrected chi connectivity index (χ3v) is 9.30. The number of nitrogens with zero attached hydrogens (tertiary/aromatic N) is 6. The second-order valence-corrected chi connectivity index (χ2v) is 11.9. The smallest absolute Gasteiger partial charge is 0.260 e. The van der Waals surface area contributed by atoms with Crippen molar-refractivity contribution in [3.8, 4) is 22.8 Å². The number of benzene rings is 2. The van der Waals surface area contributed by atoms with Gasteiger partial charge in [0.1, 0.15) is 11.6 Å². The molecule has 1 aliphatic heterocycles. The van der Waals surface area contributed by atoms with E-state index in [-0.39, 0.29) is 18.4 Å². The zero-order valence-corrected chi connectivity index (χ0v) is 25.2. The van der Waals surface area contributed by atoms with Crippen LogP contribution >= 0.6 is 0 Å². The third-order valence-electron chi connectivity index (χ3n) is 9.30. The number of carbonyl (C=O) groups is 1. The fourth-order valence-corrected chi connectivity index (χ4v) is 7.31. The van der Waals surface area contributed by atoms with Crippen LogP contribution in [0.2, 0.25) is 0 Å². The minimum absolute atomic E-state index is 0.0137. The maximum Gasteiger partial charge on any atom is 0.260 e. The van der Waals surface area contributed by atoms with Crippen LogP contribution in [0.15, 0.2) is 48.8 Å². The highest BCUT2D eigenvalue weighted by Gasteiger charge is 2.30. The van der Waals surface area contributed by atoms with Crippen LogP contribution in [0.1, 0.15) is 23.9 Å². The van der Waals surface area contributed by atoms with Gasteiger partial charge in [0.2, 0.25) is 0 Å². The third kappa shape index (κ3) is 4.04. The van der Waals surface area contributed by atoms with E-state index in [9.17, 15) is 9.90 Å². The second kappa shape index (κ2) is 10.0. The van der Waals surface area contributed by atoms with E-state index in [0.717, 1.165) is 87.9 Å². The van der Waals surface area contributed by atoms with Crippen molar-refractivity contribution in [1.82, 2.24) is 29.2 Å². The Morgan fingerprint density at radius 2 is 1.91 bits per heavy atom. The largest absolute Gasteiger partial charge is 0.494 e. The standard InChI is InChI=1S/C34H35N7O3/c1-4-41-27-11-8-21(44-19-29(42)40-14-12-39(13-15-40)28-7-5-6-20(2)36-28)16-23(27)31-24-17-35-34(43)32(24)30-22(33(31)41)9-10-26-25(30)18-38(3)37-26/h5-8,11,16-18,35,43H,4,9-10,12-15,19H2,1-3H3. The molecule has 1 fully saturated rings. The molecule has 0 saturated carbocycles. The number of aromatic hydroxyl groups is 1. The van der Waals surface area contributed by atoms with Gasteiger partial charge in [0.15, 0.2) is 12.5 Å². The van der Waals surface area contributed by atoms with Gasteiger partial charge in [-0.2, -0.15) is 5.10 Å². The Bertz CT molecular complexity index is 2100. The molecule has 0 bridgehead atoms. The molecule has 10 nitrogen and oxygen atoms in total. The lowest BCUT2D eigenvalue weighted by molar-refractivity contribution is -0.133. The molecular weight excluding hydrogens is 554 g/mol. The number of amides is 1. The van der Waals surface area contributed by atoms with Crippen molar-refractivity contribution in [2.75, 3.05) is 37.7 Å². The second-order valence-electron chi connectivity index (χ2n) is 11.9. The maximum atomic E-state index is 13.2. The molecule has 10 heteroatoms. The van der Waals surface area contributed by atoms with Crippen LogP contribution in [0.5, 0.6) is 11.6 Å². The van der Waals surface area contributed by atoms with E-state index in [0.29, 0.717) is 18.8 Å². The summed E-state index contributed by atoms with van der Waals surface area (Å²) in [4.78, 5) is 25.0. The average molecular weight is 590 g/mol. The lowest BCUT2D eigenvalue weighted by Gasteiger charge is -2.35. The fraction of sp³-hybridized carbons (Fsp3) is 0.324. The van der Waals surface area contributed by atoms with Crippen molar-refractivity contribution in [3.63, 3.8) is 0 Å². The SMILES string of the molecule is CCn1c2ccc(OCC(=O)N3CCN(c4cccc(C)n4)CC3)cc2c2c3c[nH]c(O)c3c3c(c21)CCc1nn(C)cc1-3. The number of hydrogen-bond acceptors (Lipinski definition) is 6. The first-order chi connectivity index (χ1) is 21.4. The van der Waals surface area contributed by atoms with Crippen LogP contribution in [0.4, 0.5) is 5.82 Å². The number of aryl methyl sites for hydroxylation is 5.